The number of allylic oxidation sites excluding steroid dienone is 4. The summed E-state index contributed by atoms with van der Waals surface area (Å²) < 4.78 is 1.91. The van der Waals surface area contributed by atoms with Crippen LogP contribution in [0.5, 0.6) is 0 Å². The molecule has 3 heteroatoms. The predicted molar refractivity (Wildman–Crippen MR) is 72.7 cm³/mol. The molecule has 0 saturated carbocycles. The summed E-state index contributed by atoms with van der Waals surface area (Å²) in [5.41, 5.74) is 5.79. The topological polar surface area (TPSA) is 30.2 Å². The fraction of sp³-hybridized carbons (Fsp3) is 0.333. The summed E-state index contributed by atoms with van der Waals surface area (Å²) in [6.45, 7) is 6.32. The van der Waals surface area contributed by atoms with Gasteiger partial charge in [-0.2, -0.15) is 5.10 Å². The molecule has 0 radical (unpaired) electrons. The number of aryl methyl sites for hydroxylation is 2. The Hall–Kier alpha value is -1.90. The van der Waals surface area contributed by atoms with E-state index < -0.39 is 0 Å². The van der Waals surface area contributed by atoms with Crippen molar-refractivity contribution in [1.82, 2.24) is 14.6 Å². The number of fused-ring (bicyclic) bond motifs is 1. The largest absolute Gasteiger partial charge is 0.233 e. The second-order valence-corrected chi connectivity index (χ2v) is 5.01. The summed E-state index contributed by atoms with van der Waals surface area (Å²) in [5.74, 6) is 0.410. The smallest absolute Gasteiger partial charge is 0.158 e. The quantitative estimate of drug-likeness (QED) is 0.764. The molecule has 1 aliphatic rings. The zero-order valence-corrected chi connectivity index (χ0v) is 11.0. The minimum atomic E-state index is 0.410. The van der Waals surface area contributed by atoms with Gasteiger partial charge in [0.1, 0.15) is 0 Å². The zero-order valence-electron chi connectivity index (χ0n) is 11.0. The predicted octanol–water partition coefficient (Wildman–Crippen LogP) is 3.34. The molecule has 0 aliphatic heterocycles. The third-order valence-corrected chi connectivity index (χ3v) is 3.62. The zero-order chi connectivity index (χ0) is 12.7. The van der Waals surface area contributed by atoms with Crippen LogP contribution in [-0.4, -0.2) is 14.6 Å². The second-order valence-electron chi connectivity index (χ2n) is 5.01. The van der Waals surface area contributed by atoms with Gasteiger partial charge in [0, 0.05) is 17.2 Å². The molecule has 1 unspecified atom stereocenters. The Kier molecular flexibility index (Phi) is 2.54. The van der Waals surface area contributed by atoms with Gasteiger partial charge in [-0.25, -0.2) is 9.50 Å². The summed E-state index contributed by atoms with van der Waals surface area (Å²) in [5, 5.41) is 4.35. The SMILES string of the molecule is CC1=CC=CCC1c1cc(C)n2ncc(C)c2n1. The van der Waals surface area contributed by atoms with Crippen LogP contribution in [0.3, 0.4) is 0 Å². The minimum Gasteiger partial charge on any atom is -0.233 e. The Morgan fingerprint density at radius 2 is 2.11 bits per heavy atom. The maximum atomic E-state index is 4.80. The second kappa shape index (κ2) is 4.09. The van der Waals surface area contributed by atoms with Crippen molar-refractivity contribution in [3.63, 3.8) is 0 Å². The first-order valence-electron chi connectivity index (χ1n) is 6.32. The first-order valence-corrected chi connectivity index (χ1v) is 6.32. The van der Waals surface area contributed by atoms with Gasteiger partial charge < -0.3 is 0 Å². The Labute approximate surface area is 107 Å². The Morgan fingerprint density at radius 1 is 1.28 bits per heavy atom. The van der Waals surface area contributed by atoms with Crippen LogP contribution in [0.15, 0.2) is 36.1 Å². The van der Waals surface area contributed by atoms with E-state index in [0.29, 0.717) is 5.92 Å². The van der Waals surface area contributed by atoms with Gasteiger partial charge in [0.25, 0.3) is 0 Å². The highest BCUT2D eigenvalue weighted by Gasteiger charge is 2.17. The van der Waals surface area contributed by atoms with Crippen molar-refractivity contribution in [1.29, 1.82) is 0 Å². The normalized spacial score (nSPS) is 19.3. The van der Waals surface area contributed by atoms with E-state index >= 15 is 0 Å². The van der Waals surface area contributed by atoms with Gasteiger partial charge in [-0.05, 0) is 33.3 Å². The fourth-order valence-corrected chi connectivity index (χ4v) is 2.52. The molecule has 0 aromatic carbocycles. The van der Waals surface area contributed by atoms with Crippen molar-refractivity contribution in [2.24, 2.45) is 0 Å². The van der Waals surface area contributed by atoms with Crippen molar-refractivity contribution in [3.8, 4) is 0 Å². The van der Waals surface area contributed by atoms with E-state index in [1.807, 2.05) is 10.7 Å². The van der Waals surface area contributed by atoms with E-state index in [2.05, 4.69) is 50.2 Å². The van der Waals surface area contributed by atoms with Crippen LogP contribution in [0.4, 0.5) is 0 Å². The lowest BCUT2D eigenvalue weighted by atomic mass is 9.89. The van der Waals surface area contributed by atoms with Crippen molar-refractivity contribution in [3.05, 3.63) is 53.0 Å². The lowest BCUT2D eigenvalue weighted by Gasteiger charge is -2.19. The van der Waals surface area contributed by atoms with Gasteiger partial charge in [0.2, 0.25) is 0 Å². The van der Waals surface area contributed by atoms with Gasteiger partial charge in [0.05, 0.1) is 11.9 Å². The molecule has 2 aromatic rings. The molecule has 92 valence electrons. The van der Waals surface area contributed by atoms with Crippen molar-refractivity contribution >= 4 is 5.65 Å². The van der Waals surface area contributed by atoms with E-state index in [9.17, 15) is 0 Å². The van der Waals surface area contributed by atoms with Gasteiger partial charge >= 0.3 is 0 Å². The first-order chi connectivity index (χ1) is 8.66. The monoisotopic (exact) mass is 239 g/mol. The molecular weight excluding hydrogens is 222 g/mol. The van der Waals surface area contributed by atoms with Gasteiger partial charge in [0.15, 0.2) is 5.65 Å². The van der Waals surface area contributed by atoms with Crippen LogP contribution in [0.2, 0.25) is 0 Å². The minimum absolute atomic E-state index is 0.410. The molecule has 0 N–H and O–H groups in total. The highest BCUT2D eigenvalue weighted by atomic mass is 15.2. The van der Waals surface area contributed by atoms with E-state index in [1.165, 1.54) is 5.57 Å². The molecule has 0 bridgehead atoms. The van der Waals surface area contributed by atoms with Crippen LogP contribution in [0.1, 0.15) is 36.2 Å². The van der Waals surface area contributed by atoms with Crippen molar-refractivity contribution in [2.75, 3.05) is 0 Å². The summed E-state index contributed by atoms with van der Waals surface area (Å²) in [6.07, 6.45) is 9.43. The molecule has 0 saturated heterocycles. The van der Waals surface area contributed by atoms with Crippen molar-refractivity contribution < 1.29 is 0 Å². The van der Waals surface area contributed by atoms with Gasteiger partial charge in [-0.15, -0.1) is 0 Å². The molecule has 3 rings (SSSR count). The molecule has 1 atom stereocenters. The Morgan fingerprint density at radius 3 is 2.89 bits per heavy atom. The lowest BCUT2D eigenvalue weighted by Crippen LogP contribution is -2.08. The summed E-state index contributed by atoms with van der Waals surface area (Å²) in [7, 11) is 0. The third-order valence-electron chi connectivity index (χ3n) is 3.62. The van der Waals surface area contributed by atoms with Crippen molar-refractivity contribution in [2.45, 2.75) is 33.1 Å². The van der Waals surface area contributed by atoms with E-state index in [4.69, 9.17) is 4.98 Å². The molecule has 2 heterocycles. The molecule has 0 spiro atoms. The van der Waals surface area contributed by atoms with E-state index in [0.717, 1.165) is 29.0 Å². The Bertz CT molecular complexity index is 662. The van der Waals surface area contributed by atoms with Gasteiger partial charge in [-0.1, -0.05) is 23.8 Å². The molecule has 1 aliphatic carbocycles. The number of aromatic nitrogens is 3. The van der Waals surface area contributed by atoms with E-state index in [-0.39, 0.29) is 0 Å². The number of hydrogen-bond acceptors (Lipinski definition) is 2. The highest BCUT2D eigenvalue weighted by Crippen LogP contribution is 2.30. The van der Waals surface area contributed by atoms with Crippen LogP contribution in [-0.2, 0) is 0 Å². The average molecular weight is 239 g/mol. The molecule has 2 aromatic heterocycles. The number of rotatable bonds is 1. The van der Waals surface area contributed by atoms with Crippen LogP contribution >= 0.6 is 0 Å². The standard InChI is InChI=1S/C15H17N3/c1-10-6-4-5-7-13(10)14-8-12(3)18-15(17-14)11(2)9-16-18/h4-6,8-9,13H,7H2,1-3H3. The maximum absolute atomic E-state index is 4.80. The summed E-state index contributed by atoms with van der Waals surface area (Å²) in [6, 6.07) is 2.15. The third kappa shape index (κ3) is 1.67. The molecule has 0 amide bonds. The number of hydrogen-bond donors (Lipinski definition) is 0. The molecule has 18 heavy (non-hydrogen) atoms. The molecule has 0 fully saturated rings. The fourth-order valence-electron chi connectivity index (χ4n) is 2.52. The molecule has 3 nitrogen and oxygen atoms in total. The van der Waals surface area contributed by atoms with Crippen LogP contribution < -0.4 is 0 Å². The lowest BCUT2D eigenvalue weighted by molar-refractivity contribution is 0.754. The summed E-state index contributed by atoms with van der Waals surface area (Å²) in [4.78, 5) is 4.80. The maximum Gasteiger partial charge on any atom is 0.158 e. The van der Waals surface area contributed by atoms with Crippen LogP contribution in [0, 0.1) is 13.8 Å². The molecular formula is C15H17N3. The van der Waals surface area contributed by atoms with Crippen LogP contribution in [0.25, 0.3) is 5.65 Å². The highest BCUT2D eigenvalue weighted by molar-refractivity contribution is 5.48. The number of nitrogens with zero attached hydrogens (tertiary/aromatic N) is 3. The van der Waals surface area contributed by atoms with E-state index in [1.54, 1.807) is 0 Å². The Balaban J connectivity index is 2.15. The summed E-state index contributed by atoms with van der Waals surface area (Å²) >= 11 is 0. The first kappa shape index (κ1) is 11.2. The average Bonchev–Trinajstić information content (AvgIpc) is 2.72. The van der Waals surface area contributed by atoms with Gasteiger partial charge in [-0.3, -0.25) is 0 Å².